The molecule has 0 N–H and O–H groups in total. The number of nitrogens with zero attached hydrogens (tertiary/aromatic N) is 3. The second-order valence-electron chi connectivity index (χ2n) is 4.60. The minimum absolute atomic E-state index is 0.114. The van der Waals surface area contributed by atoms with Crippen LogP contribution in [-0.2, 0) is 0 Å². The van der Waals surface area contributed by atoms with E-state index in [1.807, 2.05) is 12.1 Å². The Kier molecular flexibility index (Phi) is 4.16. The number of nitriles is 1. The van der Waals surface area contributed by atoms with Gasteiger partial charge in [-0.3, -0.25) is 4.90 Å². The van der Waals surface area contributed by atoms with Crippen LogP contribution >= 0.6 is 0 Å². The highest BCUT2D eigenvalue weighted by molar-refractivity contribution is 5.50. The van der Waals surface area contributed by atoms with Crippen molar-refractivity contribution in [2.45, 2.75) is 13.3 Å². The number of halogens is 1. The maximum Gasteiger partial charge on any atom is 0.143 e. The van der Waals surface area contributed by atoms with E-state index in [1.165, 1.54) is 12.5 Å². The lowest BCUT2D eigenvalue weighted by molar-refractivity contribution is 0.258. The molecule has 0 bridgehead atoms. The third-order valence-corrected chi connectivity index (χ3v) is 3.35. The molecule has 0 saturated carbocycles. The van der Waals surface area contributed by atoms with Crippen molar-refractivity contribution in [3.8, 4) is 6.07 Å². The molecular formula is C14H18FN3. The number of piperazine rings is 1. The van der Waals surface area contributed by atoms with Gasteiger partial charge in [-0.25, -0.2) is 4.39 Å². The second kappa shape index (κ2) is 5.83. The van der Waals surface area contributed by atoms with Gasteiger partial charge >= 0.3 is 0 Å². The molecule has 0 aliphatic carbocycles. The summed E-state index contributed by atoms with van der Waals surface area (Å²) >= 11 is 0. The minimum atomic E-state index is -0.425. The number of hydrogen-bond acceptors (Lipinski definition) is 3. The third-order valence-electron chi connectivity index (χ3n) is 3.35. The third kappa shape index (κ3) is 2.80. The lowest BCUT2D eigenvalue weighted by Crippen LogP contribution is -2.46. The first kappa shape index (κ1) is 12.8. The monoisotopic (exact) mass is 247 g/mol. The van der Waals surface area contributed by atoms with Gasteiger partial charge in [0.15, 0.2) is 0 Å². The van der Waals surface area contributed by atoms with Crippen LogP contribution in [0.15, 0.2) is 18.2 Å². The molecule has 0 unspecified atom stereocenters. The Morgan fingerprint density at radius 3 is 2.56 bits per heavy atom. The number of anilines is 1. The Hall–Kier alpha value is -1.60. The number of hydrogen-bond donors (Lipinski definition) is 0. The van der Waals surface area contributed by atoms with Crippen molar-refractivity contribution >= 4 is 5.69 Å². The van der Waals surface area contributed by atoms with Crippen molar-refractivity contribution in [3.63, 3.8) is 0 Å². The van der Waals surface area contributed by atoms with Crippen LogP contribution in [-0.4, -0.2) is 37.6 Å². The van der Waals surface area contributed by atoms with Gasteiger partial charge in [0.25, 0.3) is 0 Å². The van der Waals surface area contributed by atoms with E-state index >= 15 is 0 Å². The summed E-state index contributed by atoms with van der Waals surface area (Å²) in [4.78, 5) is 4.60. The van der Waals surface area contributed by atoms with E-state index in [9.17, 15) is 4.39 Å². The van der Waals surface area contributed by atoms with E-state index in [0.717, 1.165) is 38.4 Å². The van der Waals surface area contributed by atoms with Gasteiger partial charge in [-0.05, 0) is 31.2 Å². The second-order valence-corrected chi connectivity index (χ2v) is 4.60. The number of rotatable bonds is 3. The zero-order chi connectivity index (χ0) is 13.0. The number of benzene rings is 1. The average molecular weight is 247 g/mol. The predicted octanol–water partition coefficient (Wildman–Crippen LogP) is 2.23. The topological polar surface area (TPSA) is 30.3 Å². The molecule has 1 fully saturated rings. The van der Waals surface area contributed by atoms with Crippen molar-refractivity contribution in [3.05, 3.63) is 29.6 Å². The van der Waals surface area contributed by atoms with Gasteiger partial charge in [0.2, 0.25) is 0 Å². The first-order chi connectivity index (χ1) is 8.74. The molecule has 18 heavy (non-hydrogen) atoms. The largest absolute Gasteiger partial charge is 0.369 e. The molecule has 2 rings (SSSR count). The van der Waals surface area contributed by atoms with Crippen molar-refractivity contribution in [1.29, 1.82) is 5.26 Å². The molecule has 0 radical (unpaired) electrons. The van der Waals surface area contributed by atoms with Crippen LogP contribution in [0.4, 0.5) is 10.1 Å². The molecule has 0 amide bonds. The van der Waals surface area contributed by atoms with E-state index in [-0.39, 0.29) is 5.56 Å². The molecule has 0 spiro atoms. The van der Waals surface area contributed by atoms with Gasteiger partial charge in [-0.15, -0.1) is 0 Å². The lowest BCUT2D eigenvalue weighted by atomic mass is 10.2. The SMILES string of the molecule is CCCN1CCN(c2ccc(C#N)c(F)c2)CC1. The van der Waals surface area contributed by atoms with Gasteiger partial charge < -0.3 is 4.90 Å². The molecule has 1 aliphatic rings. The van der Waals surface area contributed by atoms with Crippen LogP contribution in [0.1, 0.15) is 18.9 Å². The standard InChI is InChI=1S/C14H18FN3/c1-2-5-17-6-8-18(9-7-17)13-4-3-12(11-16)14(15)10-13/h3-4,10H,2,5-9H2,1H3. The summed E-state index contributed by atoms with van der Waals surface area (Å²) in [5, 5.41) is 8.70. The summed E-state index contributed by atoms with van der Waals surface area (Å²) < 4.78 is 13.5. The van der Waals surface area contributed by atoms with Crippen LogP contribution in [0.2, 0.25) is 0 Å². The highest BCUT2D eigenvalue weighted by atomic mass is 19.1. The Morgan fingerprint density at radius 1 is 1.28 bits per heavy atom. The molecule has 1 heterocycles. The van der Waals surface area contributed by atoms with E-state index in [1.54, 1.807) is 6.07 Å². The Morgan fingerprint density at radius 2 is 2.00 bits per heavy atom. The molecule has 96 valence electrons. The quantitative estimate of drug-likeness (QED) is 0.820. The van der Waals surface area contributed by atoms with Gasteiger partial charge in [-0.1, -0.05) is 6.92 Å². The van der Waals surface area contributed by atoms with Crippen LogP contribution in [0, 0.1) is 17.1 Å². The summed E-state index contributed by atoms with van der Waals surface area (Å²) in [5.41, 5.74) is 0.992. The molecule has 1 aliphatic heterocycles. The maximum absolute atomic E-state index is 13.5. The fourth-order valence-electron chi connectivity index (χ4n) is 2.34. The zero-order valence-corrected chi connectivity index (χ0v) is 10.7. The molecule has 1 aromatic rings. The molecule has 1 aromatic carbocycles. The molecule has 4 heteroatoms. The van der Waals surface area contributed by atoms with Crippen LogP contribution in [0.5, 0.6) is 0 Å². The Balaban J connectivity index is 2.02. The predicted molar refractivity (Wildman–Crippen MR) is 70.1 cm³/mol. The molecule has 1 saturated heterocycles. The fourth-order valence-corrected chi connectivity index (χ4v) is 2.34. The summed E-state index contributed by atoms with van der Waals surface area (Å²) in [6.45, 7) is 7.21. The van der Waals surface area contributed by atoms with Gasteiger partial charge in [0, 0.05) is 31.9 Å². The maximum atomic E-state index is 13.5. The van der Waals surface area contributed by atoms with Gasteiger partial charge in [-0.2, -0.15) is 5.26 Å². The summed E-state index contributed by atoms with van der Waals surface area (Å²) in [6, 6.07) is 6.70. The highest BCUT2D eigenvalue weighted by Crippen LogP contribution is 2.19. The average Bonchev–Trinajstić information content (AvgIpc) is 2.40. The van der Waals surface area contributed by atoms with Crippen LogP contribution in [0.25, 0.3) is 0 Å². The van der Waals surface area contributed by atoms with E-state index in [2.05, 4.69) is 16.7 Å². The normalized spacial score (nSPS) is 16.6. The highest BCUT2D eigenvalue weighted by Gasteiger charge is 2.17. The van der Waals surface area contributed by atoms with Crippen molar-refractivity contribution in [1.82, 2.24) is 4.90 Å². The molecule has 0 atom stereocenters. The minimum Gasteiger partial charge on any atom is -0.369 e. The zero-order valence-electron chi connectivity index (χ0n) is 10.7. The lowest BCUT2D eigenvalue weighted by Gasteiger charge is -2.36. The first-order valence-corrected chi connectivity index (χ1v) is 6.41. The molecule has 0 aromatic heterocycles. The summed E-state index contributed by atoms with van der Waals surface area (Å²) in [5.74, 6) is -0.425. The summed E-state index contributed by atoms with van der Waals surface area (Å²) in [7, 11) is 0. The van der Waals surface area contributed by atoms with Gasteiger partial charge in [0.05, 0.1) is 5.56 Å². The van der Waals surface area contributed by atoms with Crippen LogP contribution < -0.4 is 4.90 Å². The summed E-state index contributed by atoms with van der Waals surface area (Å²) in [6.07, 6.45) is 1.17. The molecule has 3 nitrogen and oxygen atoms in total. The van der Waals surface area contributed by atoms with Crippen molar-refractivity contribution in [2.75, 3.05) is 37.6 Å². The van der Waals surface area contributed by atoms with Crippen molar-refractivity contribution in [2.24, 2.45) is 0 Å². The smallest absolute Gasteiger partial charge is 0.143 e. The van der Waals surface area contributed by atoms with Gasteiger partial charge in [0.1, 0.15) is 11.9 Å². The van der Waals surface area contributed by atoms with E-state index in [0.29, 0.717) is 0 Å². The fraction of sp³-hybridized carbons (Fsp3) is 0.500. The Labute approximate surface area is 107 Å². The van der Waals surface area contributed by atoms with E-state index < -0.39 is 5.82 Å². The van der Waals surface area contributed by atoms with Crippen molar-refractivity contribution < 1.29 is 4.39 Å². The Bertz CT molecular complexity index is 445. The first-order valence-electron chi connectivity index (χ1n) is 6.41. The molecular weight excluding hydrogens is 229 g/mol. The van der Waals surface area contributed by atoms with E-state index in [4.69, 9.17) is 5.26 Å². The van der Waals surface area contributed by atoms with Crippen LogP contribution in [0.3, 0.4) is 0 Å².